The second kappa shape index (κ2) is 18.4. The van der Waals surface area contributed by atoms with Crippen molar-refractivity contribution in [3.05, 3.63) is 243 Å². The van der Waals surface area contributed by atoms with Gasteiger partial charge in [-0.05, 0) is 82.3 Å². The molecule has 62 heavy (non-hydrogen) atoms. The minimum absolute atomic E-state index is 0. The SMILES string of the molecule is [Ir+3].[c-]1cc(-c2cccc(-c3ccc4c(c3)c3c(-c5cc[c-]c(-c6ccccn6)c5)cccc3n4-c3ccccc3)c2)ccc1-c1ccccn1.[c-]1ccccc1-c1ccccn1. The third kappa shape index (κ3) is 8.28. The van der Waals surface area contributed by atoms with Gasteiger partial charge in [-0.2, -0.15) is 0 Å². The van der Waals surface area contributed by atoms with E-state index >= 15 is 0 Å². The summed E-state index contributed by atoms with van der Waals surface area (Å²) in [6.45, 7) is 0. The van der Waals surface area contributed by atoms with Crippen molar-refractivity contribution in [2.24, 2.45) is 0 Å². The van der Waals surface area contributed by atoms with E-state index in [9.17, 15) is 0 Å². The Morgan fingerprint density at radius 1 is 0.371 bits per heavy atom. The minimum Gasteiger partial charge on any atom is -0.309 e. The van der Waals surface area contributed by atoms with Crippen molar-refractivity contribution in [3.63, 3.8) is 0 Å². The Bertz CT molecular complexity index is 3170. The van der Waals surface area contributed by atoms with Gasteiger partial charge in [0, 0.05) is 35.1 Å². The molecule has 0 aliphatic heterocycles. The van der Waals surface area contributed by atoms with E-state index in [1.807, 2.05) is 97.3 Å². The topological polar surface area (TPSA) is 43.6 Å². The molecule has 4 heterocycles. The van der Waals surface area contributed by atoms with Gasteiger partial charge in [-0.3, -0.25) is 0 Å². The van der Waals surface area contributed by atoms with Crippen LogP contribution >= 0.6 is 0 Å². The molecule has 0 amide bonds. The number of rotatable bonds is 7. The predicted molar refractivity (Wildman–Crippen MR) is 250 cm³/mol. The molecule has 0 aliphatic rings. The van der Waals surface area contributed by atoms with Gasteiger partial charge in [0.1, 0.15) is 0 Å². The molecule has 0 saturated carbocycles. The summed E-state index contributed by atoms with van der Waals surface area (Å²) in [5.74, 6) is 0. The fourth-order valence-electron chi connectivity index (χ4n) is 7.89. The molecule has 294 valence electrons. The van der Waals surface area contributed by atoms with Crippen molar-refractivity contribution in [1.82, 2.24) is 19.5 Å². The molecule has 5 heteroatoms. The number of fused-ring (bicyclic) bond motifs is 3. The summed E-state index contributed by atoms with van der Waals surface area (Å²) in [6.07, 6.45) is 5.43. The maximum atomic E-state index is 4.59. The molecule has 0 unspecified atom stereocenters. The molecule has 4 aromatic heterocycles. The van der Waals surface area contributed by atoms with Gasteiger partial charge in [0.05, 0.1) is 11.0 Å². The molecule has 7 aromatic carbocycles. The summed E-state index contributed by atoms with van der Waals surface area (Å²) in [4.78, 5) is 13.3. The average molecular weight is 970 g/mol. The first-order valence-corrected chi connectivity index (χ1v) is 20.2. The summed E-state index contributed by atoms with van der Waals surface area (Å²) < 4.78 is 2.38. The molecule has 0 saturated heterocycles. The number of aromatic nitrogens is 4. The molecule has 0 spiro atoms. The van der Waals surface area contributed by atoms with Crippen LogP contribution < -0.4 is 0 Å². The predicted octanol–water partition coefficient (Wildman–Crippen LogP) is 14.1. The van der Waals surface area contributed by atoms with E-state index in [1.54, 1.807) is 6.20 Å². The maximum Gasteiger partial charge on any atom is 3.00 e. The smallest absolute Gasteiger partial charge is 0.309 e. The van der Waals surface area contributed by atoms with Crippen molar-refractivity contribution in [2.75, 3.05) is 0 Å². The van der Waals surface area contributed by atoms with E-state index in [0.717, 1.165) is 61.7 Å². The van der Waals surface area contributed by atoms with Gasteiger partial charge >= 0.3 is 20.1 Å². The van der Waals surface area contributed by atoms with Crippen molar-refractivity contribution >= 4 is 21.8 Å². The van der Waals surface area contributed by atoms with E-state index in [1.165, 1.54) is 32.9 Å². The summed E-state index contributed by atoms with van der Waals surface area (Å²) in [5.41, 5.74) is 16.2. The second-order valence-electron chi connectivity index (χ2n) is 14.6. The molecule has 0 aliphatic carbocycles. The van der Waals surface area contributed by atoms with E-state index in [4.69, 9.17) is 0 Å². The molecule has 0 fully saturated rings. The quantitative estimate of drug-likeness (QED) is 0.150. The molecule has 0 N–H and O–H groups in total. The fourth-order valence-corrected chi connectivity index (χ4v) is 7.89. The van der Waals surface area contributed by atoms with Crippen molar-refractivity contribution < 1.29 is 20.1 Å². The van der Waals surface area contributed by atoms with Crippen molar-refractivity contribution in [2.45, 2.75) is 0 Å². The second-order valence-corrected chi connectivity index (χ2v) is 14.6. The van der Waals surface area contributed by atoms with Gasteiger partial charge in [-0.1, -0.05) is 108 Å². The Kier molecular flexibility index (Phi) is 11.8. The van der Waals surface area contributed by atoms with Gasteiger partial charge in [0.15, 0.2) is 0 Å². The van der Waals surface area contributed by atoms with Crippen LogP contribution in [0.3, 0.4) is 0 Å². The Morgan fingerprint density at radius 3 is 1.65 bits per heavy atom. The van der Waals surface area contributed by atoms with E-state index in [0.29, 0.717) is 0 Å². The van der Waals surface area contributed by atoms with E-state index < -0.39 is 0 Å². The number of pyridine rings is 3. The van der Waals surface area contributed by atoms with Crippen LogP contribution in [-0.2, 0) is 20.1 Å². The summed E-state index contributed by atoms with van der Waals surface area (Å²) in [7, 11) is 0. The third-order valence-electron chi connectivity index (χ3n) is 10.8. The van der Waals surface area contributed by atoms with Crippen LogP contribution in [0.2, 0.25) is 0 Å². The van der Waals surface area contributed by atoms with Gasteiger partial charge in [-0.25, -0.2) is 0 Å². The van der Waals surface area contributed by atoms with Gasteiger partial charge < -0.3 is 19.5 Å². The Balaban J connectivity index is 0.000000325. The van der Waals surface area contributed by atoms with Crippen molar-refractivity contribution in [1.29, 1.82) is 0 Å². The monoisotopic (exact) mass is 970 g/mol. The van der Waals surface area contributed by atoms with Gasteiger partial charge in [0.25, 0.3) is 0 Å². The van der Waals surface area contributed by atoms with Gasteiger partial charge in [-0.15, -0.1) is 101 Å². The number of benzene rings is 7. The molecule has 11 rings (SSSR count). The number of para-hydroxylation sites is 1. The number of hydrogen-bond acceptors (Lipinski definition) is 3. The first-order valence-electron chi connectivity index (χ1n) is 20.2. The minimum atomic E-state index is 0. The van der Waals surface area contributed by atoms with Crippen molar-refractivity contribution in [3.8, 4) is 72.8 Å². The molecule has 4 nitrogen and oxygen atoms in total. The third-order valence-corrected chi connectivity index (χ3v) is 10.8. The zero-order chi connectivity index (χ0) is 40.8. The van der Waals surface area contributed by atoms with Crippen LogP contribution in [0.5, 0.6) is 0 Å². The van der Waals surface area contributed by atoms with E-state index in [2.05, 4.69) is 159 Å². The zero-order valence-electron chi connectivity index (χ0n) is 33.5. The van der Waals surface area contributed by atoms with Crippen LogP contribution in [0, 0.1) is 18.2 Å². The first kappa shape index (κ1) is 39.9. The van der Waals surface area contributed by atoms with E-state index in [-0.39, 0.29) is 20.1 Å². The Morgan fingerprint density at radius 2 is 0.984 bits per heavy atom. The molecule has 0 radical (unpaired) electrons. The molecule has 11 aromatic rings. The molecule has 0 atom stereocenters. The number of hydrogen-bond donors (Lipinski definition) is 0. The van der Waals surface area contributed by atoms with Crippen LogP contribution in [0.1, 0.15) is 0 Å². The Labute approximate surface area is 375 Å². The molecular weight excluding hydrogens is 933 g/mol. The van der Waals surface area contributed by atoms with Gasteiger partial charge in [0.2, 0.25) is 0 Å². The zero-order valence-corrected chi connectivity index (χ0v) is 35.9. The average Bonchev–Trinajstić information content (AvgIpc) is 3.70. The summed E-state index contributed by atoms with van der Waals surface area (Å²) >= 11 is 0. The first-order chi connectivity index (χ1) is 30.3. The number of nitrogens with zero attached hydrogens (tertiary/aromatic N) is 4. The maximum absolute atomic E-state index is 4.59. The van der Waals surface area contributed by atoms with Crippen LogP contribution in [0.25, 0.3) is 94.6 Å². The largest absolute Gasteiger partial charge is 3.00 e. The normalized spacial score (nSPS) is 10.8. The van der Waals surface area contributed by atoms with Crippen LogP contribution in [-0.4, -0.2) is 19.5 Å². The van der Waals surface area contributed by atoms with Crippen LogP contribution in [0.4, 0.5) is 0 Å². The summed E-state index contributed by atoms with van der Waals surface area (Å²) in [5, 5.41) is 2.43. The standard InChI is InChI=1S/C46H29N3.C11H8N.Ir/c1-2-15-39(16-3-1)49-44-26-25-36(35-12-8-11-34(29-35)32-21-23-33(24-22-32)42-18-4-6-27-47-42)31-41(44)46-40(17-10-20-45(46)49)37-13-9-14-38(30-37)43-19-5-7-28-48-43;1-2-6-10(7-3-1)11-8-4-5-9-12-11;/h1-13,15-23,25-31H;1-6,8-9H;/q-2;-1;+3. The fraction of sp³-hybridized carbons (Fsp3) is 0. The molecular formula is C57H37IrN4. The Hall–Kier alpha value is -7.56. The summed E-state index contributed by atoms with van der Waals surface area (Å²) in [6, 6.07) is 81.1. The molecule has 0 bridgehead atoms. The van der Waals surface area contributed by atoms with Crippen LogP contribution in [0.15, 0.2) is 225 Å².